The van der Waals surface area contributed by atoms with Crippen LogP contribution in [0.3, 0.4) is 0 Å². The molecule has 0 spiro atoms. The van der Waals surface area contributed by atoms with E-state index in [1.807, 2.05) is 26.8 Å². The molecule has 0 radical (unpaired) electrons. The molecule has 1 N–H and O–H groups in total. The molecule has 7 nitrogen and oxygen atoms in total. The molecular weight excluding hydrogens is 328 g/mol. The number of hydrogen-bond acceptors (Lipinski definition) is 6. The van der Waals surface area contributed by atoms with E-state index in [0.717, 1.165) is 11.4 Å². The zero-order chi connectivity index (χ0) is 17.9. The highest BCUT2D eigenvalue weighted by Gasteiger charge is 2.21. The van der Waals surface area contributed by atoms with Gasteiger partial charge >= 0.3 is 0 Å². The first-order valence-electron chi connectivity index (χ1n) is 7.34. The highest BCUT2D eigenvalue weighted by molar-refractivity contribution is 7.71. The van der Waals surface area contributed by atoms with E-state index in [2.05, 4.69) is 15.3 Å². The minimum absolute atomic E-state index is 0.202. The maximum atomic E-state index is 5.45. The predicted octanol–water partition coefficient (Wildman–Crippen LogP) is 3.15. The Hall–Kier alpha value is -2.35. The van der Waals surface area contributed by atoms with E-state index in [1.54, 1.807) is 38.3 Å². The molecule has 0 amide bonds. The maximum Gasteiger partial charge on any atom is 0.216 e. The third kappa shape index (κ3) is 3.43. The van der Waals surface area contributed by atoms with Gasteiger partial charge in [-0.2, -0.15) is 14.9 Å². The van der Waals surface area contributed by atoms with E-state index in [4.69, 9.17) is 26.4 Å². The van der Waals surface area contributed by atoms with Crippen LogP contribution in [0.25, 0.3) is 0 Å². The fraction of sp³-hybridized carbons (Fsp3) is 0.438. The van der Waals surface area contributed by atoms with Gasteiger partial charge < -0.3 is 14.2 Å². The van der Waals surface area contributed by atoms with Gasteiger partial charge in [0.05, 0.1) is 27.5 Å². The molecule has 0 saturated carbocycles. The Kier molecular flexibility index (Phi) is 5.28. The van der Waals surface area contributed by atoms with Gasteiger partial charge in [0.2, 0.25) is 10.5 Å². The van der Waals surface area contributed by atoms with Gasteiger partial charge in [-0.25, -0.2) is 0 Å². The molecule has 0 atom stereocenters. The molecule has 0 bridgehead atoms. The first-order chi connectivity index (χ1) is 11.3. The number of hydrogen-bond donors (Lipinski definition) is 1. The Morgan fingerprint density at radius 3 is 2.33 bits per heavy atom. The standard InChI is InChI=1S/C16H22N4O3S/c1-16(2,3)14-18-19-15(24)20(14)17-9-10-7-8-11(21-4)13(23-6)12(10)22-5/h7-9H,1-6H3,(H,19,24)/b17-9-. The molecule has 130 valence electrons. The Morgan fingerprint density at radius 2 is 1.79 bits per heavy atom. The summed E-state index contributed by atoms with van der Waals surface area (Å²) in [6.45, 7) is 6.13. The first-order valence-corrected chi connectivity index (χ1v) is 7.75. The predicted molar refractivity (Wildman–Crippen MR) is 95.2 cm³/mol. The van der Waals surface area contributed by atoms with Gasteiger partial charge in [-0.15, -0.1) is 0 Å². The lowest BCUT2D eigenvalue weighted by molar-refractivity contribution is 0.324. The summed E-state index contributed by atoms with van der Waals surface area (Å²) >= 11 is 5.26. The van der Waals surface area contributed by atoms with Crippen molar-refractivity contribution in [3.05, 3.63) is 28.3 Å². The van der Waals surface area contributed by atoms with Crippen molar-refractivity contribution in [2.75, 3.05) is 21.3 Å². The number of nitrogens with one attached hydrogen (secondary N) is 1. The molecule has 0 aliphatic heterocycles. The molecule has 0 fully saturated rings. The minimum atomic E-state index is -0.202. The summed E-state index contributed by atoms with van der Waals surface area (Å²) in [5.41, 5.74) is 0.533. The molecule has 0 aliphatic rings. The fourth-order valence-corrected chi connectivity index (χ4v) is 2.41. The second-order valence-corrected chi connectivity index (χ2v) is 6.47. The van der Waals surface area contributed by atoms with Gasteiger partial charge in [0.1, 0.15) is 0 Å². The Labute approximate surface area is 146 Å². The molecular formula is C16H22N4O3S. The quantitative estimate of drug-likeness (QED) is 0.662. The topological polar surface area (TPSA) is 73.7 Å². The van der Waals surface area contributed by atoms with Crippen LogP contribution in [0.1, 0.15) is 32.2 Å². The number of H-pyrrole nitrogens is 1. The summed E-state index contributed by atoms with van der Waals surface area (Å²) in [5.74, 6) is 2.37. The summed E-state index contributed by atoms with van der Waals surface area (Å²) < 4.78 is 18.1. The molecule has 0 saturated heterocycles. The van der Waals surface area contributed by atoms with Gasteiger partial charge in [0.15, 0.2) is 17.3 Å². The lowest BCUT2D eigenvalue weighted by Gasteiger charge is -2.16. The zero-order valence-electron chi connectivity index (χ0n) is 14.7. The van der Waals surface area contributed by atoms with E-state index in [-0.39, 0.29) is 5.41 Å². The van der Waals surface area contributed by atoms with Gasteiger partial charge in [-0.1, -0.05) is 20.8 Å². The summed E-state index contributed by atoms with van der Waals surface area (Å²) in [7, 11) is 4.70. The smallest absolute Gasteiger partial charge is 0.216 e. The highest BCUT2D eigenvalue weighted by Crippen LogP contribution is 2.39. The van der Waals surface area contributed by atoms with Crippen molar-refractivity contribution in [2.24, 2.45) is 5.10 Å². The van der Waals surface area contributed by atoms with Gasteiger partial charge in [-0.3, -0.25) is 5.10 Å². The summed E-state index contributed by atoms with van der Waals surface area (Å²) in [5, 5.41) is 11.5. The van der Waals surface area contributed by atoms with Crippen LogP contribution in [-0.2, 0) is 5.41 Å². The van der Waals surface area contributed by atoms with Crippen molar-refractivity contribution in [1.29, 1.82) is 0 Å². The van der Waals surface area contributed by atoms with Gasteiger partial charge in [-0.05, 0) is 24.4 Å². The third-order valence-corrected chi connectivity index (χ3v) is 3.63. The number of benzene rings is 1. The van der Waals surface area contributed by atoms with Crippen molar-refractivity contribution < 1.29 is 14.2 Å². The van der Waals surface area contributed by atoms with E-state index >= 15 is 0 Å². The minimum Gasteiger partial charge on any atom is -0.493 e. The molecule has 2 rings (SSSR count). The SMILES string of the molecule is COc1ccc(/C=N\n2c(C(C)(C)C)n[nH]c2=S)c(OC)c1OC. The van der Waals surface area contributed by atoms with E-state index in [0.29, 0.717) is 22.0 Å². The summed E-state index contributed by atoms with van der Waals surface area (Å²) in [6, 6.07) is 3.63. The molecule has 2 aromatic rings. The number of rotatable bonds is 5. The van der Waals surface area contributed by atoms with Crippen LogP contribution in [0.5, 0.6) is 17.2 Å². The Balaban J connectivity index is 2.51. The summed E-state index contributed by atoms with van der Waals surface area (Å²) in [4.78, 5) is 0. The van der Waals surface area contributed by atoms with E-state index < -0.39 is 0 Å². The number of nitrogens with zero attached hydrogens (tertiary/aromatic N) is 3. The zero-order valence-corrected chi connectivity index (χ0v) is 15.5. The molecule has 0 aliphatic carbocycles. The van der Waals surface area contributed by atoms with Crippen molar-refractivity contribution in [3.63, 3.8) is 0 Å². The number of ether oxygens (including phenoxy) is 3. The van der Waals surface area contributed by atoms with Crippen molar-refractivity contribution in [2.45, 2.75) is 26.2 Å². The molecule has 8 heteroatoms. The lowest BCUT2D eigenvalue weighted by atomic mass is 9.96. The second-order valence-electron chi connectivity index (χ2n) is 6.08. The van der Waals surface area contributed by atoms with Crippen LogP contribution in [0.2, 0.25) is 0 Å². The van der Waals surface area contributed by atoms with Gasteiger partial charge in [0, 0.05) is 11.0 Å². The number of methoxy groups -OCH3 is 3. The summed E-state index contributed by atoms with van der Waals surface area (Å²) in [6.07, 6.45) is 1.65. The Bertz CT molecular complexity index is 803. The third-order valence-electron chi connectivity index (χ3n) is 3.37. The second kappa shape index (κ2) is 7.04. The average Bonchev–Trinajstić information content (AvgIpc) is 2.92. The van der Waals surface area contributed by atoms with Gasteiger partial charge in [0.25, 0.3) is 0 Å². The highest BCUT2D eigenvalue weighted by atomic mass is 32.1. The molecule has 1 aromatic carbocycles. The lowest BCUT2D eigenvalue weighted by Crippen LogP contribution is -2.17. The largest absolute Gasteiger partial charge is 0.493 e. The number of aromatic amines is 1. The van der Waals surface area contributed by atoms with Crippen LogP contribution in [0.4, 0.5) is 0 Å². The van der Waals surface area contributed by atoms with Crippen molar-refractivity contribution in [1.82, 2.24) is 14.9 Å². The average molecular weight is 350 g/mol. The Morgan fingerprint density at radius 1 is 1.12 bits per heavy atom. The first kappa shape index (κ1) is 18.0. The molecule has 1 aromatic heterocycles. The fourth-order valence-electron chi connectivity index (χ4n) is 2.23. The molecule has 0 unspecified atom stereocenters. The molecule has 24 heavy (non-hydrogen) atoms. The van der Waals surface area contributed by atoms with E-state index in [9.17, 15) is 0 Å². The van der Waals surface area contributed by atoms with E-state index in [1.165, 1.54) is 0 Å². The van der Waals surface area contributed by atoms with Crippen molar-refractivity contribution >= 4 is 18.4 Å². The van der Waals surface area contributed by atoms with Crippen LogP contribution in [0, 0.1) is 4.77 Å². The maximum absolute atomic E-state index is 5.45. The van der Waals surface area contributed by atoms with Crippen LogP contribution < -0.4 is 14.2 Å². The number of aromatic nitrogens is 3. The monoisotopic (exact) mass is 350 g/mol. The van der Waals surface area contributed by atoms with Crippen molar-refractivity contribution in [3.8, 4) is 17.2 Å². The van der Waals surface area contributed by atoms with Crippen LogP contribution in [0.15, 0.2) is 17.2 Å². The van der Waals surface area contributed by atoms with Crippen LogP contribution in [-0.4, -0.2) is 42.4 Å². The van der Waals surface area contributed by atoms with Crippen LogP contribution >= 0.6 is 12.2 Å². The normalized spacial score (nSPS) is 11.8. The molecule has 1 heterocycles.